The number of rotatable bonds is 8. The summed E-state index contributed by atoms with van der Waals surface area (Å²) in [6, 6.07) is 16.5. The number of nitrogens with one attached hydrogen (secondary N) is 2. The van der Waals surface area contributed by atoms with Crippen LogP contribution < -0.4 is 15.4 Å². The molecule has 0 saturated carbocycles. The van der Waals surface area contributed by atoms with Crippen molar-refractivity contribution >= 4 is 28.3 Å². The average molecular weight is 438 g/mol. The molecular formula is C24H27N3O3S. The van der Waals surface area contributed by atoms with E-state index in [1.807, 2.05) is 75.4 Å². The van der Waals surface area contributed by atoms with Crippen LogP contribution in [0.4, 0.5) is 5.13 Å². The van der Waals surface area contributed by atoms with Crippen molar-refractivity contribution in [3.05, 3.63) is 65.0 Å². The number of hydrogen-bond donors (Lipinski definition) is 2. The van der Waals surface area contributed by atoms with Gasteiger partial charge in [-0.3, -0.25) is 9.59 Å². The maximum atomic E-state index is 12.9. The van der Waals surface area contributed by atoms with Crippen molar-refractivity contribution in [2.45, 2.75) is 33.2 Å². The average Bonchev–Trinajstić information content (AvgIpc) is 3.12. The van der Waals surface area contributed by atoms with Gasteiger partial charge >= 0.3 is 0 Å². The summed E-state index contributed by atoms with van der Waals surface area (Å²) in [4.78, 5) is 31.0. The lowest BCUT2D eigenvalue weighted by Gasteiger charge is -2.21. The van der Waals surface area contributed by atoms with Crippen LogP contribution in [0.15, 0.2) is 54.6 Å². The molecule has 0 saturated heterocycles. The predicted octanol–water partition coefficient (Wildman–Crippen LogP) is 4.45. The molecular weight excluding hydrogens is 410 g/mol. The van der Waals surface area contributed by atoms with Crippen molar-refractivity contribution in [1.82, 2.24) is 10.3 Å². The summed E-state index contributed by atoms with van der Waals surface area (Å²) in [6.07, 6.45) is 0.231. The van der Waals surface area contributed by atoms with Gasteiger partial charge in [-0.05, 0) is 42.7 Å². The lowest BCUT2D eigenvalue weighted by Crippen LogP contribution is -2.47. The number of anilines is 1. The molecule has 0 bridgehead atoms. The minimum absolute atomic E-state index is 0.0677. The van der Waals surface area contributed by atoms with Crippen LogP contribution in [0.1, 0.15) is 24.3 Å². The molecule has 1 atom stereocenters. The van der Waals surface area contributed by atoms with Gasteiger partial charge in [0.05, 0.1) is 19.2 Å². The molecule has 0 aliphatic rings. The van der Waals surface area contributed by atoms with Crippen molar-refractivity contribution in [3.63, 3.8) is 0 Å². The summed E-state index contributed by atoms with van der Waals surface area (Å²) in [7, 11) is 1.63. The summed E-state index contributed by atoms with van der Waals surface area (Å²) in [5.74, 6) is 0.249. The van der Waals surface area contributed by atoms with E-state index in [0.717, 1.165) is 27.4 Å². The van der Waals surface area contributed by atoms with Crippen LogP contribution in [0.3, 0.4) is 0 Å². The highest BCUT2D eigenvalue weighted by Gasteiger charge is 2.25. The number of ether oxygens (including phenoxy) is 1. The Morgan fingerprint density at radius 3 is 2.35 bits per heavy atom. The van der Waals surface area contributed by atoms with E-state index in [2.05, 4.69) is 15.6 Å². The number of aromatic nitrogens is 1. The fourth-order valence-corrected chi connectivity index (χ4v) is 4.03. The van der Waals surface area contributed by atoms with Gasteiger partial charge in [-0.2, -0.15) is 0 Å². The normalized spacial score (nSPS) is 11.8. The standard InChI is InChI=1S/C24H27N3O3S/c1-15(2)21(25-20(28)14-17-8-6-5-7-9-17)23(29)27-24-26-22(16(3)31-24)18-10-12-19(30-4)13-11-18/h5-13,15,21H,14H2,1-4H3,(H,25,28)(H,26,27,29). The number of hydrogen-bond acceptors (Lipinski definition) is 5. The second-order valence-corrected chi connectivity index (χ2v) is 8.80. The van der Waals surface area contributed by atoms with Gasteiger partial charge in [0.15, 0.2) is 5.13 Å². The Labute approximate surface area is 186 Å². The number of amides is 2. The smallest absolute Gasteiger partial charge is 0.248 e. The van der Waals surface area contributed by atoms with Crippen LogP contribution in [0.2, 0.25) is 0 Å². The van der Waals surface area contributed by atoms with E-state index in [1.54, 1.807) is 7.11 Å². The number of thiazole rings is 1. The molecule has 1 unspecified atom stereocenters. The van der Waals surface area contributed by atoms with Crippen LogP contribution in [0.25, 0.3) is 11.3 Å². The van der Waals surface area contributed by atoms with E-state index in [1.165, 1.54) is 11.3 Å². The number of aryl methyl sites for hydroxylation is 1. The topological polar surface area (TPSA) is 80.3 Å². The van der Waals surface area contributed by atoms with Gasteiger partial charge in [-0.1, -0.05) is 44.2 Å². The molecule has 3 aromatic rings. The number of carbonyl (C=O) groups excluding carboxylic acids is 2. The highest BCUT2D eigenvalue weighted by molar-refractivity contribution is 7.16. The Morgan fingerprint density at radius 1 is 1.06 bits per heavy atom. The highest BCUT2D eigenvalue weighted by atomic mass is 32.1. The Bertz CT molecular complexity index is 1030. The molecule has 1 heterocycles. The lowest BCUT2D eigenvalue weighted by molar-refractivity contribution is -0.127. The van der Waals surface area contributed by atoms with Gasteiger partial charge in [-0.25, -0.2) is 4.98 Å². The fourth-order valence-electron chi connectivity index (χ4n) is 3.19. The van der Waals surface area contributed by atoms with E-state index in [9.17, 15) is 9.59 Å². The second kappa shape index (κ2) is 10.2. The van der Waals surface area contributed by atoms with Gasteiger partial charge < -0.3 is 15.4 Å². The molecule has 0 fully saturated rings. The molecule has 7 heteroatoms. The largest absolute Gasteiger partial charge is 0.497 e. The van der Waals surface area contributed by atoms with Crippen LogP contribution in [0.5, 0.6) is 5.75 Å². The highest BCUT2D eigenvalue weighted by Crippen LogP contribution is 2.31. The SMILES string of the molecule is COc1ccc(-c2nc(NC(=O)C(NC(=O)Cc3ccccc3)C(C)C)sc2C)cc1. The van der Waals surface area contributed by atoms with Gasteiger partial charge in [0.1, 0.15) is 11.8 Å². The van der Waals surface area contributed by atoms with Gasteiger partial charge in [0.25, 0.3) is 0 Å². The minimum Gasteiger partial charge on any atom is -0.497 e. The molecule has 3 rings (SSSR count). The molecule has 31 heavy (non-hydrogen) atoms. The van der Waals surface area contributed by atoms with E-state index in [4.69, 9.17) is 4.74 Å². The van der Waals surface area contributed by atoms with Crippen molar-refractivity contribution in [3.8, 4) is 17.0 Å². The zero-order valence-electron chi connectivity index (χ0n) is 18.1. The first kappa shape index (κ1) is 22.5. The Kier molecular flexibility index (Phi) is 7.41. The fraction of sp³-hybridized carbons (Fsp3) is 0.292. The van der Waals surface area contributed by atoms with Crippen LogP contribution in [0, 0.1) is 12.8 Å². The number of carbonyl (C=O) groups is 2. The summed E-state index contributed by atoms with van der Waals surface area (Å²) in [5.41, 5.74) is 2.67. The Hall–Kier alpha value is -3.19. The molecule has 2 amide bonds. The van der Waals surface area contributed by atoms with Crippen molar-refractivity contribution in [2.75, 3.05) is 12.4 Å². The molecule has 6 nitrogen and oxygen atoms in total. The molecule has 0 spiro atoms. The van der Waals surface area contributed by atoms with Crippen molar-refractivity contribution in [2.24, 2.45) is 5.92 Å². The van der Waals surface area contributed by atoms with E-state index >= 15 is 0 Å². The van der Waals surface area contributed by atoms with Crippen molar-refractivity contribution in [1.29, 1.82) is 0 Å². The van der Waals surface area contributed by atoms with E-state index < -0.39 is 6.04 Å². The third-order valence-corrected chi connectivity index (χ3v) is 5.75. The van der Waals surface area contributed by atoms with Crippen LogP contribution in [-0.4, -0.2) is 29.9 Å². The first-order valence-electron chi connectivity index (χ1n) is 10.1. The van der Waals surface area contributed by atoms with E-state index in [-0.39, 0.29) is 24.2 Å². The Morgan fingerprint density at radius 2 is 1.74 bits per heavy atom. The third-order valence-electron chi connectivity index (χ3n) is 4.86. The van der Waals surface area contributed by atoms with E-state index in [0.29, 0.717) is 5.13 Å². The summed E-state index contributed by atoms with van der Waals surface area (Å²) in [5, 5.41) is 6.25. The molecule has 0 radical (unpaired) electrons. The number of benzene rings is 2. The lowest BCUT2D eigenvalue weighted by atomic mass is 10.0. The van der Waals surface area contributed by atoms with Gasteiger partial charge in [0.2, 0.25) is 11.8 Å². The molecule has 0 aliphatic heterocycles. The monoisotopic (exact) mass is 437 g/mol. The Balaban J connectivity index is 1.68. The maximum absolute atomic E-state index is 12.9. The number of nitrogens with zero attached hydrogens (tertiary/aromatic N) is 1. The predicted molar refractivity (Wildman–Crippen MR) is 124 cm³/mol. The first-order valence-corrected chi connectivity index (χ1v) is 10.9. The second-order valence-electron chi connectivity index (χ2n) is 7.59. The zero-order chi connectivity index (χ0) is 22.4. The zero-order valence-corrected chi connectivity index (χ0v) is 19.0. The molecule has 1 aromatic heterocycles. The first-order chi connectivity index (χ1) is 14.9. The molecule has 162 valence electrons. The minimum atomic E-state index is -0.648. The van der Waals surface area contributed by atoms with Gasteiger partial charge in [-0.15, -0.1) is 11.3 Å². The summed E-state index contributed by atoms with van der Waals surface area (Å²) in [6.45, 7) is 5.78. The van der Waals surface area contributed by atoms with Crippen LogP contribution in [-0.2, 0) is 16.0 Å². The third kappa shape index (κ3) is 5.92. The quantitative estimate of drug-likeness (QED) is 0.546. The molecule has 0 aliphatic carbocycles. The number of methoxy groups -OCH3 is 1. The summed E-state index contributed by atoms with van der Waals surface area (Å²) >= 11 is 1.41. The van der Waals surface area contributed by atoms with Gasteiger partial charge in [0, 0.05) is 10.4 Å². The van der Waals surface area contributed by atoms with Crippen LogP contribution >= 0.6 is 11.3 Å². The molecule has 2 N–H and O–H groups in total. The maximum Gasteiger partial charge on any atom is 0.248 e. The van der Waals surface area contributed by atoms with Crippen molar-refractivity contribution < 1.29 is 14.3 Å². The molecule has 2 aromatic carbocycles. The summed E-state index contributed by atoms with van der Waals surface area (Å²) < 4.78 is 5.20.